The number of carbonyl (C=O) groups excluding carboxylic acids is 11. The number of Topliss-reactive ketones (excluding diaryl/α,β-unsaturated/α-hetero) is 6. The van der Waals surface area contributed by atoms with Crippen LogP contribution in [0.2, 0.25) is 0 Å². The molecule has 28 nitrogen and oxygen atoms in total. The highest BCUT2D eigenvalue weighted by atomic mass is 16.4. The van der Waals surface area contributed by atoms with E-state index < -0.39 is 113 Å². The van der Waals surface area contributed by atoms with E-state index in [0.29, 0.717) is 68.8 Å². The van der Waals surface area contributed by atoms with Crippen molar-refractivity contribution in [2.24, 2.45) is 23.7 Å². The van der Waals surface area contributed by atoms with Crippen molar-refractivity contribution in [3.8, 4) is 5.75 Å². The van der Waals surface area contributed by atoms with E-state index in [2.05, 4.69) is 37.2 Å². The molecule has 0 radical (unpaired) electrons. The summed E-state index contributed by atoms with van der Waals surface area (Å²) in [6, 6.07) is 1.62. The zero-order valence-corrected chi connectivity index (χ0v) is 67.6. The first kappa shape index (κ1) is 99.2. The molecule has 7 atom stereocenters. The summed E-state index contributed by atoms with van der Waals surface area (Å²) >= 11 is 0. The fourth-order valence-electron chi connectivity index (χ4n) is 14.1. The maximum Gasteiger partial charge on any atom is 0.326 e. The maximum absolute atomic E-state index is 13.9. The van der Waals surface area contributed by atoms with Crippen LogP contribution in [0.4, 0.5) is 0 Å². The van der Waals surface area contributed by atoms with Gasteiger partial charge in [0.2, 0.25) is 29.5 Å². The second-order valence-electron chi connectivity index (χ2n) is 31.2. The number of aliphatic carboxylic acids is 4. The average molecular weight is 1570 g/mol. The van der Waals surface area contributed by atoms with Gasteiger partial charge >= 0.3 is 23.9 Å². The first-order chi connectivity index (χ1) is 52.8. The highest BCUT2D eigenvalue weighted by molar-refractivity contribution is 5.97. The lowest BCUT2D eigenvalue weighted by Gasteiger charge is -2.29. The van der Waals surface area contributed by atoms with Gasteiger partial charge in [0.1, 0.15) is 35.2 Å². The Kier molecular flexibility index (Phi) is 51.1. The normalized spacial score (nSPS) is 16.5. The fourth-order valence-corrected chi connectivity index (χ4v) is 14.1. The lowest BCUT2D eigenvalue weighted by molar-refractivity contribution is -0.145. The molecule has 2 fully saturated rings. The Morgan fingerprint density at radius 2 is 1.04 bits per heavy atom. The van der Waals surface area contributed by atoms with Crippen LogP contribution >= 0.6 is 0 Å². The number of phenols is 1. The number of hydrogen-bond acceptors (Lipinski definition) is 19. The first-order valence-electron chi connectivity index (χ1n) is 41.2. The lowest BCUT2D eigenvalue weighted by atomic mass is 9.80. The van der Waals surface area contributed by atoms with Crippen molar-refractivity contribution in [1.82, 2.24) is 42.1 Å². The third-order valence-electron chi connectivity index (χ3n) is 21.3. The van der Waals surface area contributed by atoms with E-state index in [1.54, 1.807) is 26.0 Å². The molecule has 1 aromatic rings. The van der Waals surface area contributed by atoms with Gasteiger partial charge in [0.25, 0.3) is 0 Å². The average Bonchev–Trinajstić information content (AvgIpc) is 1.63. The standard InChI is InChI=1S/C54H83N7O16.C29H53NO4/c1-7-9-13-40(57-31-47(68)54(5,6)60-50(71)43(58-34(4)63)28-35-16-20-38(64)21-17-35)45(66)30-56-41(46(67)32-61-27-12-15-44(61)33(3)62)14-10-11-26-55-48(69)24-19-37(52(74)75)29-39(65)22-23-42(53(76)77)59-49(70)25-18-36(8-2)51(72)73;1-25(31)27-22-20-26(21-23-27)24-30-28(32)18-16-14-12-10-8-6-4-2-3-5-7-9-11-13-15-17-19-29(33)34/h16-17,20-21,36-37,40-44,56-57,64H,7-15,18-19,22-32H2,1-6H3,(H,55,69)(H,58,63)(H,59,70)(H,60,71)(H,72,73)(H,74,75)(H,76,77);26-27H,2-24H2,1H3,(H,30,32)(H,33,34)/t36-,37+,40-,41-,42-,43+,44-;/m0./s1. The Balaban J connectivity index is 0.00000102. The minimum atomic E-state index is -1.46. The smallest absolute Gasteiger partial charge is 0.326 e. The number of ketones is 6. The molecule has 3 rings (SSSR count). The number of aromatic hydroxyl groups is 1. The van der Waals surface area contributed by atoms with Crippen LogP contribution in [0.15, 0.2) is 24.3 Å². The number of rotatable bonds is 63. The van der Waals surface area contributed by atoms with Gasteiger partial charge in [-0.3, -0.25) is 72.0 Å². The van der Waals surface area contributed by atoms with E-state index in [0.717, 1.165) is 70.8 Å². The molecule has 0 spiro atoms. The highest BCUT2D eigenvalue weighted by Crippen LogP contribution is 2.29. The van der Waals surface area contributed by atoms with Gasteiger partial charge in [-0.05, 0) is 161 Å². The summed E-state index contributed by atoms with van der Waals surface area (Å²) in [4.78, 5) is 188. The summed E-state index contributed by atoms with van der Waals surface area (Å²) in [5, 5.41) is 66.4. The van der Waals surface area contributed by atoms with Crippen molar-refractivity contribution in [2.45, 2.75) is 335 Å². The number of carbonyl (C=O) groups is 15. The SMILES string of the molecule is CC(=O)C1CCC(CNC(=O)CCCCCCCCCCCCCCCCCCC(=O)O)CC1.CCCC[C@H](NCC(=O)C(C)(C)NC(=O)[C@@H](Cc1ccc(O)cc1)NC(C)=O)C(=O)CN[C@@H](CCCCNC(=O)CC[C@H](CC(=O)CC[C@H](NC(=O)CC[C@H](CC)C(=O)O)C(=O)O)C(=O)O)C(=O)CN1CCC[C@H]1C(C)=O. The number of benzene rings is 1. The third-order valence-corrected chi connectivity index (χ3v) is 21.3. The van der Waals surface area contributed by atoms with Crippen LogP contribution in [-0.2, 0) is 78.3 Å². The maximum atomic E-state index is 13.9. The van der Waals surface area contributed by atoms with E-state index in [1.165, 1.54) is 117 Å². The zero-order chi connectivity index (χ0) is 82.7. The predicted molar refractivity (Wildman–Crippen MR) is 421 cm³/mol. The van der Waals surface area contributed by atoms with E-state index in [1.807, 2.05) is 11.8 Å². The minimum absolute atomic E-state index is 0.000498. The lowest BCUT2D eigenvalue weighted by Crippen LogP contribution is -2.59. The largest absolute Gasteiger partial charge is 0.508 e. The van der Waals surface area contributed by atoms with E-state index in [9.17, 15) is 92.3 Å². The molecule has 1 saturated heterocycles. The van der Waals surface area contributed by atoms with Gasteiger partial charge in [0, 0.05) is 70.9 Å². The van der Waals surface area contributed by atoms with Gasteiger partial charge in [0.15, 0.2) is 17.3 Å². The summed E-state index contributed by atoms with van der Waals surface area (Å²) < 4.78 is 0. The van der Waals surface area contributed by atoms with E-state index in [4.69, 9.17) is 5.11 Å². The number of carboxylic acid groups (broad SMARTS) is 4. The molecular formula is C83H136N8O20. The van der Waals surface area contributed by atoms with Crippen LogP contribution < -0.4 is 37.2 Å². The number of nitrogens with one attached hydrogen (secondary N) is 7. The Hall–Kier alpha value is -7.85. The fraction of sp³-hybridized carbons (Fsp3) is 0.747. The van der Waals surface area contributed by atoms with E-state index in [-0.39, 0.29) is 119 Å². The zero-order valence-electron chi connectivity index (χ0n) is 67.6. The van der Waals surface area contributed by atoms with Crippen molar-refractivity contribution >= 4 is 88.1 Å². The first-order valence-corrected chi connectivity index (χ1v) is 41.2. The van der Waals surface area contributed by atoms with Gasteiger partial charge in [-0.15, -0.1) is 0 Å². The Morgan fingerprint density at radius 1 is 0.505 bits per heavy atom. The van der Waals surface area contributed by atoms with Gasteiger partial charge in [0.05, 0.1) is 55.1 Å². The Labute approximate surface area is 658 Å². The molecule has 1 heterocycles. The van der Waals surface area contributed by atoms with Crippen LogP contribution in [0.5, 0.6) is 5.75 Å². The second-order valence-corrected chi connectivity index (χ2v) is 31.2. The molecule has 0 unspecified atom stereocenters. The summed E-state index contributed by atoms with van der Waals surface area (Å²) in [7, 11) is 0. The van der Waals surface area contributed by atoms with Crippen LogP contribution in [-0.4, -0.2) is 194 Å². The third kappa shape index (κ3) is 45.4. The Morgan fingerprint density at radius 3 is 1.57 bits per heavy atom. The summed E-state index contributed by atoms with van der Waals surface area (Å²) in [5.41, 5.74) is -0.767. The number of unbranched alkanes of at least 4 members (excludes halogenated alkanes) is 17. The molecule has 1 aromatic carbocycles. The summed E-state index contributed by atoms with van der Waals surface area (Å²) in [5.74, 6) is -9.02. The van der Waals surface area contributed by atoms with Crippen molar-refractivity contribution < 1.29 is 97.5 Å². The number of carboxylic acids is 4. The monoisotopic (exact) mass is 1560 g/mol. The molecule has 0 bridgehead atoms. The molecule has 1 saturated carbocycles. The highest BCUT2D eigenvalue weighted by Gasteiger charge is 2.36. The molecule has 12 N–H and O–H groups in total. The second kappa shape index (κ2) is 57.2. The molecular weight excluding hydrogens is 1430 g/mol. The van der Waals surface area contributed by atoms with Gasteiger partial charge in [-0.25, -0.2) is 4.79 Å². The van der Waals surface area contributed by atoms with E-state index >= 15 is 0 Å². The minimum Gasteiger partial charge on any atom is -0.508 e. The number of nitrogens with zero attached hydrogens (tertiary/aromatic N) is 1. The van der Waals surface area contributed by atoms with Crippen molar-refractivity contribution in [3.63, 3.8) is 0 Å². The molecule has 0 aromatic heterocycles. The van der Waals surface area contributed by atoms with Crippen molar-refractivity contribution in [1.29, 1.82) is 0 Å². The van der Waals surface area contributed by atoms with Crippen molar-refractivity contribution in [3.05, 3.63) is 29.8 Å². The molecule has 1 aliphatic heterocycles. The molecule has 111 heavy (non-hydrogen) atoms. The topological polar surface area (TPSA) is 445 Å². The number of hydrogen-bond donors (Lipinski definition) is 12. The van der Waals surface area contributed by atoms with Crippen LogP contribution in [0.25, 0.3) is 0 Å². The quantitative estimate of drug-likeness (QED) is 0.0270. The predicted octanol–water partition coefficient (Wildman–Crippen LogP) is 9.77. The summed E-state index contributed by atoms with van der Waals surface area (Å²) in [6.45, 7) is 12.0. The van der Waals surface area contributed by atoms with Crippen LogP contribution in [0.1, 0.15) is 298 Å². The molecule has 1 aliphatic carbocycles. The van der Waals surface area contributed by atoms with Crippen LogP contribution in [0.3, 0.4) is 0 Å². The van der Waals surface area contributed by atoms with Gasteiger partial charge in [-0.2, -0.15) is 0 Å². The molecule has 5 amide bonds. The molecule has 28 heteroatoms. The molecule has 628 valence electrons. The van der Waals surface area contributed by atoms with Crippen molar-refractivity contribution in [2.75, 3.05) is 39.3 Å². The Bertz CT molecular complexity index is 3060. The number of amides is 5. The van der Waals surface area contributed by atoms with Crippen LogP contribution in [0, 0.1) is 23.7 Å². The number of phenolic OH excluding ortho intramolecular Hbond substituents is 1. The summed E-state index contributed by atoms with van der Waals surface area (Å²) in [6.07, 6.45) is 27.5. The van der Waals surface area contributed by atoms with Gasteiger partial charge in [-0.1, -0.05) is 129 Å². The van der Waals surface area contributed by atoms with Gasteiger partial charge < -0.3 is 62.8 Å². The molecule has 2 aliphatic rings. The number of likely N-dealkylation sites (tertiary alicyclic amines) is 1.